The lowest BCUT2D eigenvalue weighted by Crippen LogP contribution is -2.12. The minimum Gasteiger partial charge on any atom is -0.508 e. The molecule has 0 unspecified atom stereocenters. The summed E-state index contributed by atoms with van der Waals surface area (Å²) in [6.07, 6.45) is 7.78. The zero-order valence-corrected chi connectivity index (χ0v) is 17.5. The van der Waals surface area contributed by atoms with Crippen LogP contribution >= 0.6 is 35.3 Å². The van der Waals surface area contributed by atoms with E-state index in [9.17, 15) is 15.0 Å². The summed E-state index contributed by atoms with van der Waals surface area (Å²) in [6.45, 7) is 0. The summed E-state index contributed by atoms with van der Waals surface area (Å²) in [5.41, 5.74) is 1.21. The van der Waals surface area contributed by atoms with Gasteiger partial charge in [0.1, 0.15) is 21.4 Å². The Bertz CT molecular complexity index is 794. The summed E-state index contributed by atoms with van der Waals surface area (Å²) in [7, 11) is 0. The monoisotopic (exact) mass is 422 g/mol. The number of benzene rings is 1. The van der Waals surface area contributed by atoms with Crippen LogP contribution in [0.1, 0.15) is 48.0 Å². The third kappa shape index (κ3) is 5.56. The van der Waals surface area contributed by atoms with E-state index in [0.717, 1.165) is 18.4 Å². The molecule has 1 saturated carbocycles. The van der Waals surface area contributed by atoms with Gasteiger partial charge in [0.2, 0.25) is 0 Å². The third-order valence-electron chi connectivity index (χ3n) is 4.36. The van der Waals surface area contributed by atoms with Gasteiger partial charge in [0.05, 0.1) is 0 Å². The molecule has 27 heavy (non-hydrogen) atoms. The Morgan fingerprint density at radius 1 is 1.11 bits per heavy atom. The quantitative estimate of drug-likeness (QED) is 0.352. The standard InChI is InChI=1S/C19H22N2O3S3/c1-25-19-20-16(26-11-12-7-9-13(22)10-8-12)15(18(23)24)17(21-19)27-14-5-3-2-4-6-14/h7-10,14,22H,2-6,11H2,1H3,(H,23,24). The summed E-state index contributed by atoms with van der Waals surface area (Å²) in [6, 6.07) is 6.92. The van der Waals surface area contributed by atoms with Gasteiger partial charge in [-0.3, -0.25) is 0 Å². The molecule has 0 spiro atoms. The molecular weight excluding hydrogens is 400 g/mol. The Kier molecular flexibility index (Phi) is 7.32. The number of carboxylic acids is 1. The van der Waals surface area contributed by atoms with Crippen LogP contribution in [-0.2, 0) is 5.75 Å². The molecule has 0 saturated heterocycles. The Balaban J connectivity index is 1.87. The highest BCUT2D eigenvalue weighted by molar-refractivity contribution is 8.00. The van der Waals surface area contributed by atoms with Gasteiger partial charge >= 0.3 is 5.97 Å². The van der Waals surface area contributed by atoms with Crippen LogP contribution in [0.2, 0.25) is 0 Å². The lowest BCUT2D eigenvalue weighted by atomic mass is 10.0. The zero-order valence-electron chi connectivity index (χ0n) is 15.1. The van der Waals surface area contributed by atoms with Crippen molar-refractivity contribution < 1.29 is 15.0 Å². The largest absolute Gasteiger partial charge is 0.508 e. The molecule has 0 amide bonds. The molecule has 1 fully saturated rings. The minimum atomic E-state index is -0.978. The van der Waals surface area contributed by atoms with Crippen LogP contribution in [0, 0.1) is 0 Å². The summed E-state index contributed by atoms with van der Waals surface area (Å²) >= 11 is 4.42. The molecular formula is C19H22N2O3S3. The van der Waals surface area contributed by atoms with Gasteiger partial charge in [0, 0.05) is 11.0 Å². The van der Waals surface area contributed by atoms with Gasteiger partial charge in [-0.25, -0.2) is 14.8 Å². The van der Waals surface area contributed by atoms with Crippen molar-refractivity contribution in [3.8, 4) is 5.75 Å². The fourth-order valence-corrected chi connectivity index (χ4v) is 5.80. The van der Waals surface area contributed by atoms with E-state index < -0.39 is 5.97 Å². The first-order chi connectivity index (χ1) is 13.1. The van der Waals surface area contributed by atoms with Gasteiger partial charge in [-0.1, -0.05) is 43.2 Å². The van der Waals surface area contributed by atoms with Gasteiger partial charge in [-0.2, -0.15) is 0 Å². The number of carbonyl (C=O) groups is 1. The highest BCUT2D eigenvalue weighted by Crippen LogP contribution is 2.38. The van der Waals surface area contributed by atoms with Crippen molar-refractivity contribution in [1.29, 1.82) is 0 Å². The van der Waals surface area contributed by atoms with Crippen molar-refractivity contribution in [2.75, 3.05) is 6.26 Å². The fraction of sp³-hybridized carbons (Fsp3) is 0.421. The number of phenols is 1. The maximum absolute atomic E-state index is 12.0. The topological polar surface area (TPSA) is 83.3 Å². The summed E-state index contributed by atoms with van der Waals surface area (Å²) in [4.78, 5) is 21.0. The van der Waals surface area contributed by atoms with Crippen molar-refractivity contribution in [2.45, 2.75) is 58.3 Å². The number of carboxylic acid groups (broad SMARTS) is 1. The summed E-state index contributed by atoms with van der Waals surface area (Å²) < 4.78 is 0. The predicted molar refractivity (Wildman–Crippen MR) is 111 cm³/mol. The molecule has 1 aromatic heterocycles. The van der Waals surface area contributed by atoms with E-state index in [1.807, 2.05) is 18.4 Å². The van der Waals surface area contributed by atoms with Gasteiger partial charge in [0.25, 0.3) is 0 Å². The molecule has 144 valence electrons. The van der Waals surface area contributed by atoms with Crippen LogP contribution in [0.25, 0.3) is 0 Å². The molecule has 0 bridgehead atoms. The maximum atomic E-state index is 12.0. The molecule has 2 aromatic rings. The molecule has 1 heterocycles. The average Bonchev–Trinajstić information content (AvgIpc) is 2.67. The Hall–Kier alpha value is -1.38. The maximum Gasteiger partial charge on any atom is 0.341 e. The first-order valence-corrected chi connectivity index (χ1v) is 11.9. The molecule has 0 aliphatic heterocycles. The predicted octanol–water partition coefficient (Wildman–Crippen LogP) is 5.32. The first kappa shape index (κ1) is 20.4. The SMILES string of the molecule is CSc1nc(SCc2ccc(O)cc2)c(C(=O)O)c(SC2CCCCC2)n1. The second-order valence-corrected chi connectivity index (χ2v) is 9.36. The van der Waals surface area contributed by atoms with Crippen molar-refractivity contribution in [3.63, 3.8) is 0 Å². The van der Waals surface area contributed by atoms with E-state index in [1.165, 1.54) is 42.8 Å². The Labute approximate surface area is 171 Å². The summed E-state index contributed by atoms with van der Waals surface area (Å²) in [5, 5.41) is 21.4. The lowest BCUT2D eigenvalue weighted by molar-refractivity contribution is 0.0686. The molecule has 1 aromatic carbocycles. The molecule has 2 N–H and O–H groups in total. The number of rotatable bonds is 7. The van der Waals surface area contributed by atoms with Gasteiger partial charge in [0.15, 0.2) is 5.16 Å². The van der Waals surface area contributed by atoms with E-state index in [-0.39, 0.29) is 11.3 Å². The number of aromatic nitrogens is 2. The van der Waals surface area contributed by atoms with E-state index >= 15 is 0 Å². The number of thioether (sulfide) groups is 3. The van der Waals surface area contributed by atoms with Crippen molar-refractivity contribution in [2.24, 2.45) is 0 Å². The average molecular weight is 423 g/mol. The molecule has 1 aliphatic rings. The minimum absolute atomic E-state index is 0.215. The number of hydrogen-bond donors (Lipinski definition) is 2. The lowest BCUT2D eigenvalue weighted by Gasteiger charge is -2.21. The first-order valence-electron chi connectivity index (χ1n) is 8.83. The van der Waals surface area contributed by atoms with Crippen molar-refractivity contribution in [1.82, 2.24) is 9.97 Å². The highest BCUT2D eigenvalue weighted by atomic mass is 32.2. The van der Waals surface area contributed by atoms with Crippen LogP contribution in [0.4, 0.5) is 0 Å². The number of aromatic hydroxyl groups is 1. The van der Waals surface area contributed by atoms with Crippen molar-refractivity contribution in [3.05, 3.63) is 35.4 Å². The van der Waals surface area contributed by atoms with E-state index in [2.05, 4.69) is 9.97 Å². The van der Waals surface area contributed by atoms with E-state index in [1.54, 1.807) is 23.9 Å². The molecule has 1 aliphatic carbocycles. The number of nitrogens with zero attached hydrogens (tertiary/aromatic N) is 2. The van der Waals surface area contributed by atoms with Crippen LogP contribution in [-0.4, -0.2) is 37.7 Å². The smallest absolute Gasteiger partial charge is 0.341 e. The Morgan fingerprint density at radius 2 is 1.78 bits per heavy atom. The van der Waals surface area contributed by atoms with Gasteiger partial charge in [-0.05, 0) is 36.8 Å². The van der Waals surface area contributed by atoms with E-state index in [0.29, 0.717) is 26.2 Å². The fourth-order valence-electron chi connectivity index (χ4n) is 2.95. The van der Waals surface area contributed by atoms with Crippen LogP contribution in [0.15, 0.2) is 39.5 Å². The summed E-state index contributed by atoms with van der Waals surface area (Å²) in [5.74, 6) is -0.180. The zero-order chi connectivity index (χ0) is 19.2. The second kappa shape index (κ2) is 9.71. The van der Waals surface area contributed by atoms with Crippen molar-refractivity contribution >= 4 is 41.3 Å². The third-order valence-corrected chi connectivity index (χ3v) is 7.28. The normalized spacial score (nSPS) is 15.0. The molecule has 0 atom stereocenters. The van der Waals surface area contributed by atoms with Crippen LogP contribution in [0.3, 0.4) is 0 Å². The number of phenolic OH excluding ortho intramolecular Hbond substituents is 1. The van der Waals surface area contributed by atoms with Gasteiger partial charge < -0.3 is 10.2 Å². The second-order valence-electron chi connectivity index (χ2n) is 6.33. The molecule has 3 rings (SSSR count). The Morgan fingerprint density at radius 3 is 2.41 bits per heavy atom. The van der Waals surface area contributed by atoms with Crippen LogP contribution < -0.4 is 0 Å². The molecule has 8 heteroatoms. The van der Waals surface area contributed by atoms with Gasteiger partial charge in [-0.15, -0.1) is 23.5 Å². The highest BCUT2D eigenvalue weighted by Gasteiger charge is 2.25. The van der Waals surface area contributed by atoms with Crippen LogP contribution in [0.5, 0.6) is 5.75 Å². The van der Waals surface area contributed by atoms with E-state index in [4.69, 9.17) is 0 Å². The molecule has 5 nitrogen and oxygen atoms in total. The molecule has 0 radical (unpaired) electrons. The number of aromatic carboxylic acids is 1. The number of hydrogen-bond acceptors (Lipinski definition) is 7.